The van der Waals surface area contributed by atoms with E-state index in [-0.39, 0.29) is 10.6 Å². The van der Waals surface area contributed by atoms with E-state index in [0.29, 0.717) is 23.3 Å². The van der Waals surface area contributed by atoms with Gasteiger partial charge in [0.25, 0.3) is 0 Å². The van der Waals surface area contributed by atoms with Crippen LogP contribution in [0.25, 0.3) is 0 Å². The molecule has 0 aromatic heterocycles. The summed E-state index contributed by atoms with van der Waals surface area (Å²) < 4.78 is 0. The van der Waals surface area contributed by atoms with E-state index in [1.165, 1.54) is 6.42 Å². The third kappa shape index (κ3) is 2.55. The van der Waals surface area contributed by atoms with Gasteiger partial charge in [0.05, 0.1) is 4.92 Å². The smallest absolute Gasteiger partial charge is 0.315 e. The number of anilines is 2. The van der Waals surface area contributed by atoms with E-state index < -0.39 is 0 Å². The molecule has 0 radical (unpaired) electrons. The highest BCUT2D eigenvalue weighted by Gasteiger charge is 2.25. The van der Waals surface area contributed by atoms with Gasteiger partial charge in [0.2, 0.25) is 0 Å². The topological polar surface area (TPSA) is 67.2 Å². The maximum Gasteiger partial charge on any atom is 0.315 e. The lowest BCUT2D eigenvalue weighted by molar-refractivity contribution is -0.383. The largest absolute Gasteiger partial charge is 0.382 e. The second kappa shape index (κ2) is 5.25. The molecule has 0 bridgehead atoms. The molecule has 0 saturated heterocycles. The van der Waals surface area contributed by atoms with Crippen molar-refractivity contribution in [3.8, 4) is 0 Å². The molecule has 1 fully saturated rings. The normalized spacial score (nSPS) is 22.8. The van der Waals surface area contributed by atoms with Crippen LogP contribution in [0.5, 0.6) is 0 Å². The molecule has 0 amide bonds. The molecule has 2 unspecified atom stereocenters. The number of nitro benzene ring substituents is 1. The fourth-order valence-electron chi connectivity index (χ4n) is 2.62. The van der Waals surface area contributed by atoms with E-state index in [4.69, 9.17) is 0 Å². The lowest BCUT2D eigenvalue weighted by atomic mass is 10.1. The standard InChI is InChI=1S/C13H19N3O2/c1-9-6-7-10(8-9)15-12-5-3-4-11(14-2)13(12)16(17)18/h3-5,9-10,14-15H,6-8H2,1-2H3. The molecule has 2 rings (SSSR count). The van der Waals surface area contributed by atoms with Crippen LogP contribution >= 0.6 is 0 Å². The fourth-order valence-corrected chi connectivity index (χ4v) is 2.62. The van der Waals surface area contributed by atoms with Crippen LogP contribution in [0, 0.1) is 16.0 Å². The van der Waals surface area contributed by atoms with Gasteiger partial charge in [0, 0.05) is 13.1 Å². The SMILES string of the molecule is CNc1cccc(NC2CCC(C)C2)c1[N+](=O)[O-]. The molecular weight excluding hydrogens is 230 g/mol. The molecule has 2 N–H and O–H groups in total. The number of para-hydroxylation sites is 1. The van der Waals surface area contributed by atoms with Gasteiger partial charge in [-0.15, -0.1) is 0 Å². The Hall–Kier alpha value is -1.78. The van der Waals surface area contributed by atoms with Crippen LogP contribution < -0.4 is 10.6 Å². The number of rotatable bonds is 4. The Bertz CT molecular complexity index is 448. The summed E-state index contributed by atoms with van der Waals surface area (Å²) >= 11 is 0. The predicted octanol–water partition coefficient (Wildman–Crippen LogP) is 3.24. The van der Waals surface area contributed by atoms with E-state index in [9.17, 15) is 10.1 Å². The van der Waals surface area contributed by atoms with Gasteiger partial charge in [0.1, 0.15) is 11.4 Å². The van der Waals surface area contributed by atoms with Gasteiger partial charge in [-0.05, 0) is 37.3 Å². The number of nitrogens with zero attached hydrogens (tertiary/aromatic N) is 1. The summed E-state index contributed by atoms with van der Waals surface area (Å²) in [6.45, 7) is 2.22. The first kappa shape index (κ1) is 12.7. The second-order valence-electron chi connectivity index (χ2n) is 4.97. The molecule has 18 heavy (non-hydrogen) atoms. The molecule has 1 saturated carbocycles. The lowest BCUT2D eigenvalue weighted by Crippen LogP contribution is -2.16. The molecule has 5 heteroatoms. The summed E-state index contributed by atoms with van der Waals surface area (Å²) in [4.78, 5) is 10.8. The van der Waals surface area contributed by atoms with Gasteiger partial charge >= 0.3 is 5.69 Å². The van der Waals surface area contributed by atoms with Crippen molar-refractivity contribution < 1.29 is 4.92 Å². The van der Waals surface area contributed by atoms with Gasteiger partial charge in [-0.25, -0.2) is 0 Å². The maximum atomic E-state index is 11.2. The van der Waals surface area contributed by atoms with Gasteiger partial charge in [-0.1, -0.05) is 13.0 Å². The zero-order chi connectivity index (χ0) is 13.1. The number of hydrogen-bond donors (Lipinski definition) is 2. The summed E-state index contributed by atoms with van der Waals surface area (Å²) in [6.07, 6.45) is 3.36. The third-order valence-corrected chi connectivity index (χ3v) is 3.54. The minimum atomic E-state index is -0.327. The molecule has 0 spiro atoms. The third-order valence-electron chi connectivity index (χ3n) is 3.54. The summed E-state index contributed by atoms with van der Waals surface area (Å²) in [5.74, 6) is 0.703. The molecule has 1 aromatic carbocycles. The molecule has 0 heterocycles. The molecule has 1 aliphatic rings. The molecular formula is C13H19N3O2. The van der Waals surface area contributed by atoms with Crippen molar-refractivity contribution >= 4 is 17.1 Å². The van der Waals surface area contributed by atoms with Crippen molar-refractivity contribution in [3.63, 3.8) is 0 Å². The Morgan fingerprint density at radius 3 is 2.61 bits per heavy atom. The molecule has 1 aliphatic carbocycles. The highest BCUT2D eigenvalue weighted by molar-refractivity contribution is 5.76. The van der Waals surface area contributed by atoms with Crippen LogP contribution in [0.2, 0.25) is 0 Å². The Morgan fingerprint density at radius 2 is 2.06 bits per heavy atom. The summed E-state index contributed by atoms with van der Waals surface area (Å²) in [5.41, 5.74) is 1.31. The average Bonchev–Trinajstić information content (AvgIpc) is 2.74. The first-order valence-corrected chi connectivity index (χ1v) is 6.33. The molecule has 5 nitrogen and oxygen atoms in total. The van der Waals surface area contributed by atoms with Crippen LogP contribution in [0.4, 0.5) is 17.1 Å². The minimum absolute atomic E-state index is 0.138. The van der Waals surface area contributed by atoms with Crippen molar-refractivity contribution in [1.82, 2.24) is 0 Å². The predicted molar refractivity (Wildman–Crippen MR) is 73.1 cm³/mol. The Kier molecular flexibility index (Phi) is 3.69. The number of nitro groups is 1. The van der Waals surface area contributed by atoms with Crippen LogP contribution in [-0.4, -0.2) is 18.0 Å². The van der Waals surface area contributed by atoms with E-state index in [2.05, 4.69) is 17.6 Å². The molecule has 1 aromatic rings. The van der Waals surface area contributed by atoms with Crippen LogP contribution in [0.15, 0.2) is 18.2 Å². The van der Waals surface area contributed by atoms with Crippen molar-refractivity contribution in [2.24, 2.45) is 5.92 Å². The first-order valence-electron chi connectivity index (χ1n) is 6.33. The summed E-state index contributed by atoms with van der Waals surface area (Å²) in [6, 6.07) is 5.69. The fraction of sp³-hybridized carbons (Fsp3) is 0.538. The van der Waals surface area contributed by atoms with Crippen molar-refractivity contribution in [3.05, 3.63) is 28.3 Å². The lowest BCUT2D eigenvalue weighted by Gasteiger charge is -2.15. The van der Waals surface area contributed by atoms with Crippen molar-refractivity contribution in [1.29, 1.82) is 0 Å². The zero-order valence-electron chi connectivity index (χ0n) is 10.8. The van der Waals surface area contributed by atoms with Gasteiger partial charge in [-0.2, -0.15) is 0 Å². The van der Waals surface area contributed by atoms with E-state index in [1.807, 2.05) is 6.07 Å². The van der Waals surface area contributed by atoms with Crippen LogP contribution in [0.3, 0.4) is 0 Å². The number of nitrogens with one attached hydrogen (secondary N) is 2. The Labute approximate surface area is 107 Å². The van der Waals surface area contributed by atoms with Crippen molar-refractivity contribution in [2.45, 2.75) is 32.2 Å². The number of hydrogen-bond acceptors (Lipinski definition) is 4. The van der Waals surface area contributed by atoms with Gasteiger partial charge in [-0.3, -0.25) is 10.1 Å². The summed E-state index contributed by atoms with van der Waals surface area (Å²) in [7, 11) is 1.70. The molecule has 2 atom stereocenters. The van der Waals surface area contributed by atoms with Crippen LogP contribution in [-0.2, 0) is 0 Å². The quantitative estimate of drug-likeness (QED) is 0.635. The average molecular weight is 249 g/mol. The van der Waals surface area contributed by atoms with Crippen molar-refractivity contribution in [2.75, 3.05) is 17.7 Å². The Morgan fingerprint density at radius 1 is 1.33 bits per heavy atom. The summed E-state index contributed by atoms with van der Waals surface area (Å²) in [5, 5.41) is 17.3. The maximum absolute atomic E-state index is 11.2. The van der Waals surface area contributed by atoms with E-state index >= 15 is 0 Å². The zero-order valence-corrected chi connectivity index (χ0v) is 10.8. The Balaban J connectivity index is 2.24. The van der Waals surface area contributed by atoms with Gasteiger partial charge < -0.3 is 10.6 Å². The second-order valence-corrected chi connectivity index (χ2v) is 4.97. The molecule has 98 valence electrons. The van der Waals surface area contributed by atoms with Crippen LogP contribution in [0.1, 0.15) is 26.2 Å². The minimum Gasteiger partial charge on any atom is -0.382 e. The monoisotopic (exact) mass is 249 g/mol. The number of benzene rings is 1. The highest BCUT2D eigenvalue weighted by atomic mass is 16.6. The van der Waals surface area contributed by atoms with Gasteiger partial charge in [0.15, 0.2) is 0 Å². The van der Waals surface area contributed by atoms with E-state index in [1.54, 1.807) is 19.2 Å². The first-order chi connectivity index (χ1) is 8.61. The highest BCUT2D eigenvalue weighted by Crippen LogP contribution is 2.35. The van der Waals surface area contributed by atoms with E-state index in [0.717, 1.165) is 12.8 Å². The molecule has 0 aliphatic heterocycles.